The van der Waals surface area contributed by atoms with Crippen molar-refractivity contribution < 1.29 is 13.2 Å². The number of nitrogens with zero attached hydrogens (tertiary/aromatic N) is 2. The third kappa shape index (κ3) is 6.73. The van der Waals surface area contributed by atoms with Gasteiger partial charge in [0.2, 0.25) is 5.91 Å². The highest BCUT2D eigenvalue weighted by Crippen LogP contribution is 2.32. The molecule has 0 spiro atoms. The van der Waals surface area contributed by atoms with E-state index in [0.717, 1.165) is 22.3 Å². The van der Waals surface area contributed by atoms with E-state index in [1.165, 1.54) is 11.2 Å². The van der Waals surface area contributed by atoms with Crippen molar-refractivity contribution in [3.63, 3.8) is 0 Å². The summed E-state index contributed by atoms with van der Waals surface area (Å²) in [6, 6.07) is 22.4. The fourth-order valence-electron chi connectivity index (χ4n) is 4.14. The summed E-state index contributed by atoms with van der Waals surface area (Å²) in [5.74, 6) is -0.0547. The SMILES string of the molecule is CC(C)C[C@H](N)C(=O)N(CC#N)[C@H](c1ccc(Cl)cc1)c1ccc(-c2ccc(S(C)(=O)=O)cc2)cc1. The maximum absolute atomic E-state index is 13.4. The molecule has 0 saturated heterocycles. The van der Waals surface area contributed by atoms with Gasteiger partial charge in [-0.05, 0) is 58.9 Å². The number of nitriles is 1. The van der Waals surface area contributed by atoms with Crippen LogP contribution in [0.5, 0.6) is 0 Å². The highest BCUT2D eigenvalue weighted by atomic mass is 35.5. The summed E-state index contributed by atoms with van der Waals surface area (Å²) in [5, 5.41) is 10.1. The zero-order valence-electron chi connectivity index (χ0n) is 20.6. The van der Waals surface area contributed by atoms with E-state index < -0.39 is 21.9 Å². The van der Waals surface area contributed by atoms with Gasteiger partial charge in [0.1, 0.15) is 6.54 Å². The van der Waals surface area contributed by atoms with Crippen molar-refractivity contribution in [1.29, 1.82) is 5.26 Å². The van der Waals surface area contributed by atoms with Crippen molar-refractivity contribution in [2.45, 2.75) is 37.2 Å². The van der Waals surface area contributed by atoms with Gasteiger partial charge in [-0.3, -0.25) is 4.79 Å². The summed E-state index contributed by atoms with van der Waals surface area (Å²) < 4.78 is 23.5. The average molecular weight is 524 g/mol. The smallest absolute Gasteiger partial charge is 0.241 e. The number of rotatable bonds is 9. The van der Waals surface area contributed by atoms with Crippen LogP contribution in [0.1, 0.15) is 37.4 Å². The lowest BCUT2D eigenvalue weighted by Crippen LogP contribution is -2.46. The molecule has 6 nitrogen and oxygen atoms in total. The molecule has 0 heterocycles. The Bertz CT molecular complexity index is 1330. The van der Waals surface area contributed by atoms with E-state index in [0.29, 0.717) is 11.4 Å². The van der Waals surface area contributed by atoms with Crippen LogP contribution in [-0.4, -0.2) is 38.1 Å². The molecule has 0 saturated carbocycles. The van der Waals surface area contributed by atoms with Crippen LogP contribution in [0.3, 0.4) is 0 Å². The molecule has 188 valence electrons. The lowest BCUT2D eigenvalue weighted by molar-refractivity contribution is -0.134. The number of carbonyl (C=O) groups is 1. The maximum Gasteiger partial charge on any atom is 0.241 e. The number of carbonyl (C=O) groups excluding carboxylic acids is 1. The van der Waals surface area contributed by atoms with E-state index in [4.69, 9.17) is 17.3 Å². The summed E-state index contributed by atoms with van der Waals surface area (Å²) >= 11 is 6.11. The van der Waals surface area contributed by atoms with Crippen LogP contribution in [0.4, 0.5) is 0 Å². The van der Waals surface area contributed by atoms with Crippen LogP contribution in [0.25, 0.3) is 11.1 Å². The van der Waals surface area contributed by atoms with E-state index in [9.17, 15) is 18.5 Å². The first kappa shape index (κ1) is 27.4. The molecule has 0 fully saturated rings. The zero-order valence-corrected chi connectivity index (χ0v) is 22.1. The molecule has 0 unspecified atom stereocenters. The minimum atomic E-state index is -3.27. The molecule has 0 aliphatic heterocycles. The highest BCUT2D eigenvalue weighted by molar-refractivity contribution is 7.90. The summed E-state index contributed by atoms with van der Waals surface area (Å²) in [6.45, 7) is 3.88. The van der Waals surface area contributed by atoms with Gasteiger partial charge in [0.05, 0.1) is 23.0 Å². The molecule has 0 aromatic heterocycles. The second-order valence-electron chi connectivity index (χ2n) is 9.23. The molecule has 8 heteroatoms. The lowest BCUT2D eigenvalue weighted by Gasteiger charge is -2.33. The Balaban J connectivity index is 2.02. The minimum absolute atomic E-state index is 0.118. The van der Waals surface area contributed by atoms with Crippen LogP contribution in [-0.2, 0) is 14.6 Å². The molecular weight excluding hydrogens is 494 g/mol. The number of halogens is 1. The van der Waals surface area contributed by atoms with Gasteiger partial charge in [0, 0.05) is 11.3 Å². The van der Waals surface area contributed by atoms with Gasteiger partial charge in [-0.1, -0.05) is 74.0 Å². The van der Waals surface area contributed by atoms with E-state index in [1.54, 1.807) is 36.4 Å². The summed E-state index contributed by atoms with van der Waals surface area (Å²) in [4.78, 5) is 15.2. The fraction of sp³-hybridized carbons (Fsp3) is 0.286. The number of hydrogen-bond donors (Lipinski definition) is 1. The fourth-order valence-corrected chi connectivity index (χ4v) is 4.90. The molecule has 3 rings (SSSR count). The van der Waals surface area contributed by atoms with Crippen molar-refractivity contribution in [3.8, 4) is 17.2 Å². The van der Waals surface area contributed by atoms with Gasteiger partial charge in [-0.25, -0.2) is 8.42 Å². The third-order valence-electron chi connectivity index (χ3n) is 5.91. The van der Waals surface area contributed by atoms with E-state index in [2.05, 4.69) is 6.07 Å². The third-order valence-corrected chi connectivity index (χ3v) is 7.29. The molecule has 3 aromatic carbocycles. The van der Waals surface area contributed by atoms with Crippen LogP contribution < -0.4 is 5.73 Å². The monoisotopic (exact) mass is 523 g/mol. The van der Waals surface area contributed by atoms with Crippen LogP contribution in [0.2, 0.25) is 5.02 Å². The number of benzene rings is 3. The van der Waals surface area contributed by atoms with Crippen LogP contribution >= 0.6 is 11.6 Å². The van der Waals surface area contributed by atoms with E-state index in [-0.39, 0.29) is 23.3 Å². The Labute approximate surface area is 218 Å². The zero-order chi connectivity index (χ0) is 26.5. The second kappa shape index (κ2) is 11.7. The second-order valence-corrected chi connectivity index (χ2v) is 11.7. The Morgan fingerprint density at radius 2 is 1.42 bits per heavy atom. The Hall–Kier alpha value is -3.18. The van der Waals surface area contributed by atoms with Gasteiger partial charge in [-0.15, -0.1) is 0 Å². The molecule has 0 bridgehead atoms. The first-order chi connectivity index (χ1) is 17.0. The standard InChI is InChI=1S/C28H30ClN3O3S/c1-19(2)18-26(31)28(33)32(17-16-30)27(23-8-12-24(29)13-9-23)22-6-4-20(5-7-22)21-10-14-25(15-11-21)36(3,34)35/h4-15,19,26-27H,17-18,31H2,1-3H3/t26-,27-/m0/s1. The molecule has 2 atom stereocenters. The van der Waals surface area contributed by atoms with Crippen molar-refractivity contribution in [2.24, 2.45) is 11.7 Å². The lowest BCUT2D eigenvalue weighted by atomic mass is 9.93. The average Bonchev–Trinajstić information content (AvgIpc) is 2.84. The molecule has 36 heavy (non-hydrogen) atoms. The molecule has 0 radical (unpaired) electrons. The van der Waals surface area contributed by atoms with E-state index >= 15 is 0 Å². The first-order valence-electron chi connectivity index (χ1n) is 11.6. The topological polar surface area (TPSA) is 104 Å². The van der Waals surface area contributed by atoms with Gasteiger partial charge < -0.3 is 10.6 Å². The van der Waals surface area contributed by atoms with E-state index in [1.807, 2.05) is 50.2 Å². The predicted octanol–water partition coefficient (Wildman–Crippen LogP) is 5.23. The number of hydrogen-bond acceptors (Lipinski definition) is 5. The Morgan fingerprint density at radius 3 is 1.86 bits per heavy atom. The molecule has 3 aromatic rings. The predicted molar refractivity (Wildman–Crippen MR) is 143 cm³/mol. The first-order valence-corrected chi connectivity index (χ1v) is 13.9. The summed E-state index contributed by atoms with van der Waals surface area (Å²) in [5.41, 5.74) is 9.62. The maximum atomic E-state index is 13.4. The van der Waals surface area contributed by atoms with Gasteiger partial charge in [-0.2, -0.15) is 5.26 Å². The number of nitrogens with two attached hydrogens (primary N) is 1. The summed E-state index contributed by atoms with van der Waals surface area (Å²) in [6.07, 6.45) is 1.69. The Morgan fingerprint density at radius 1 is 0.944 bits per heavy atom. The van der Waals surface area contributed by atoms with Crippen LogP contribution in [0.15, 0.2) is 77.7 Å². The van der Waals surface area contributed by atoms with Gasteiger partial charge >= 0.3 is 0 Å². The molecule has 0 aliphatic rings. The largest absolute Gasteiger partial charge is 0.320 e. The van der Waals surface area contributed by atoms with Crippen LogP contribution in [0, 0.1) is 17.2 Å². The minimum Gasteiger partial charge on any atom is -0.320 e. The number of amides is 1. The normalized spacial score (nSPS) is 13.1. The molecule has 1 amide bonds. The van der Waals surface area contributed by atoms with Gasteiger partial charge in [0.15, 0.2) is 9.84 Å². The quantitative estimate of drug-likeness (QED) is 0.387. The van der Waals surface area contributed by atoms with Crippen molar-refractivity contribution in [2.75, 3.05) is 12.8 Å². The van der Waals surface area contributed by atoms with Crippen molar-refractivity contribution in [1.82, 2.24) is 4.90 Å². The number of sulfone groups is 1. The highest BCUT2D eigenvalue weighted by Gasteiger charge is 2.30. The Kier molecular flexibility index (Phi) is 8.91. The van der Waals surface area contributed by atoms with Crippen molar-refractivity contribution >= 4 is 27.3 Å². The molecule has 2 N–H and O–H groups in total. The molecular formula is C28H30ClN3O3S. The molecule has 0 aliphatic carbocycles. The van der Waals surface area contributed by atoms with Crippen molar-refractivity contribution in [3.05, 3.63) is 88.9 Å². The van der Waals surface area contributed by atoms with Gasteiger partial charge in [0.25, 0.3) is 0 Å². The summed E-state index contributed by atoms with van der Waals surface area (Å²) in [7, 11) is -3.27.